The van der Waals surface area contributed by atoms with Gasteiger partial charge >= 0.3 is 5.97 Å². The molecule has 0 aromatic heterocycles. The molecule has 1 saturated heterocycles. The Balaban J connectivity index is 2.84. The fourth-order valence-electron chi connectivity index (χ4n) is 2.30. The van der Waals surface area contributed by atoms with Crippen molar-refractivity contribution in [1.82, 2.24) is 9.03 Å². The van der Waals surface area contributed by atoms with Crippen LogP contribution in [0.15, 0.2) is 0 Å². The van der Waals surface area contributed by atoms with E-state index in [1.54, 1.807) is 6.92 Å². The third kappa shape index (κ3) is 4.15. The van der Waals surface area contributed by atoms with Crippen LogP contribution >= 0.6 is 0 Å². The van der Waals surface area contributed by atoms with Crippen molar-refractivity contribution in [3.05, 3.63) is 0 Å². The summed E-state index contributed by atoms with van der Waals surface area (Å²) in [6, 6.07) is -1.14. The molecule has 6 nitrogen and oxygen atoms in total. The number of carboxylic acid groups (broad SMARTS) is 1. The zero-order valence-corrected chi connectivity index (χ0v) is 12.6. The zero-order chi connectivity index (χ0) is 14.6. The average molecular weight is 292 g/mol. The molecule has 1 aliphatic rings. The van der Waals surface area contributed by atoms with Crippen LogP contribution in [0.3, 0.4) is 0 Å². The lowest BCUT2D eigenvalue weighted by Crippen LogP contribution is -2.54. The standard InChI is InChI=1S/C12H24N2O4S/c1-4-9(2)11(12(15)16)13-19(17,18)14-8-6-5-7-10(14)3/h9-11,13H,4-8H2,1-3H3,(H,15,16)/t9-,10?,11-/m0/s1. The highest BCUT2D eigenvalue weighted by Crippen LogP contribution is 2.20. The molecule has 1 aliphatic heterocycles. The molecule has 0 saturated carbocycles. The van der Waals surface area contributed by atoms with E-state index in [4.69, 9.17) is 5.11 Å². The minimum absolute atomic E-state index is 0.0716. The van der Waals surface area contributed by atoms with E-state index in [9.17, 15) is 13.2 Å². The minimum atomic E-state index is -3.73. The summed E-state index contributed by atoms with van der Waals surface area (Å²) in [5.74, 6) is -1.37. The van der Waals surface area contributed by atoms with Crippen LogP contribution in [0.25, 0.3) is 0 Å². The number of carboxylic acids is 1. The molecule has 1 unspecified atom stereocenters. The number of nitrogens with one attached hydrogen (secondary N) is 1. The summed E-state index contributed by atoms with van der Waals surface area (Å²) >= 11 is 0. The normalized spacial score (nSPS) is 24.9. The number of rotatable bonds is 6. The van der Waals surface area contributed by atoms with Gasteiger partial charge < -0.3 is 5.11 Å². The highest BCUT2D eigenvalue weighted by Gasteiger charge is 2.35. The van der Waals surface area contributed by atoms with Crippen LogP contribution in [-0.4, -0.2) is 42.4 Å². The maximum absolute atomic E-state index is 12.3. The van der Waals surface area contributed by atoms with E-state index < -0.39 is 22.2 Å². The van der Waals surface area contributed by atoms with Gasteiger partial charge in [-0.3, -0.25) is 4.79 Å². The van der Waals surface area contributed by atoms with Gasteiger partial charge in [-0.1, -0.05) is 26.7 Å². The summed E-state index contributed by atoms with van der Waals surface area (Å²) in [4.78, 5) is 11.2. The van der Waals surface area contributed by atoms with Gasteiger partial charge in [-0.05, 0) is 25.7 Å². The van der Waals surface area contributed by atoms with Crippen LogP contribution in [0.4, 0.5) is 0 Å². The van der Waals surface area contributed by atoms with Gasteiger partial charge in [0.1, 0.15) is 6.04 Å². The average Bonchev–Trinajstić information content (AvgIpc) is 2.35. The Morgan fingerprint density at radius 1 is 1.47 bits per heavy atom. The number of carbonyl (C=O) groups is 1. The lowest BCUT2D eigenvalue weighted by molar-refractivity contribution is -0.140. The molecule has 0 spiro atoms. The first kappa shape index (κ1) is 16.4. The molecule has 2 N–H and O–H groups in total. The monoisotopic (exact) mass is 292 g/mol. The van der Waals surface area contributed by atoms with E-state index in [0.29, 0.717) is 13.0 Å². The van der Waals surface area contributed by atoms with E-state index in [2.05, 4.69) is 4.72 Å². The molecule has 0 aliphatic carbocycles. The number of aliphatic carboxylic acids is 1. The first-order valence-corrected chi connectivity index (χ1v) is 8.25. The van der Waals surface area contributed by atoms with Crippen LogP contribution in [0.5, 0.6) is 0 Å². The number of piperidine rings is 1. The highest BCUT2D eigenvalue weighted by molar-refractivity contribution is 7.87. The van der Waals surface area contributed by atoms with Crippen LogP contribution in [0.1, 0.15) is 46.5 Å². The van der Waals surface area contributed by atoms with Crippen LogP contribution in [0, 0.1) is 5.92 Å². The molecule has 1 heterocycles. The fourth-order valence-corrected chi connectivity index (χ4v) is 4.04. The van der Waals surface area contributed by atoms with Gasteiger partial charge in [-0.15, -0.1) is 0 Å². The van der Waals surface area contributed by atoms with E-state index >= 15 is 0 Å². The number of nitrogens with zero attached hydrogens (tertiary/aromatic N) is 1. The van der Waals surface area contributed by atoms with Gasteiger partial charge in [0, 0.05) is 12.6 Å². The lowest BCUT2D eigenvalue weighted by Gasteiger charge is -2.33. The largest absolute Gasteiger partial charge is 0.480 e. The summed E-state index contributed by atoms with van der Waals surface area (Å²) in [6.45, 7) is 5.90. The third-order valence-electron chi connectivity index (χ3n) is 3.81. The SMILES string of the molecule is CC[C@H](C)[C@H](NS(=O)(=O)N1CCCCC1C)C(=O)O. The summed E-state index contributed by atoms with van der Waals surface area (Å²) in [5.41, 5.74) is 0. The second kappa shape index (κ2) is 6.67. The molecule has 7 heteroatoms. The van der Waals surface area contributed by atoms with Gasteiger partial charge in [-0.2, -0.15) is 17.4 Å². The second-order valence-electron chi connectivity index (χ2n) is 5.28. The molecular formula is C12H24N2O4S. The van der Waals surface area contributed by atoms with Crippen molar-refractivity contribution >= 4 is 16.2 Å². The van der Waals surface area contributed by atoms with Crippen LogP contribution < -0.4 is 4.72 Å². The first-order chi connectivity index (χ1) is 8.79. The van der Waals surface area contributed by atoms with Crippen molar-refractivity contribution < 1.29 is 18.3 Å². The Morgan fingerprint density at radius 2 is 2.11 bits per heavy atom. The van der Waals surface area contributed by atoms with Gasteiger partial charge in [-0.25, -0.2) is 0 Å². The first-order valence-electron chi connectivity index (χ1n) is 6.81. The summed E-state index contributed by atoms with van der Waals surface area (Å²) in [5, 5.41) is 9.16. The molecule has 112 valence electrons. The van der Waals surface area contributed by atoms with Crippen molar-refractivity contribution in [3.8, 4) is 0 Å². The van der Waals surface area contributed by atoms with Crippen molar-refractivity contribution in [2.24, 2.45) is 5.92 Å². The van der Waals surface area contributed by atoms with Crippen molar-refractivity contribution in [2.75, 3.05) is 6.54 Å². The smallest absolute Gasteiger partial charge is 0.322 e. The molecule has 0 radical (unpaired) electrons. The van der Waals surface area contributed by atoms with Crippen LogP contribution in [-0.2, 0) is 15.0 Å². The quantitative estimate of drug-likeness (QED) is 0.770. The van der Waals surface area contributed by atoms with E-state index in [1.807, 2.05) is 13.8 Å². The Labute approximate surface area is 115 Å². The van der Waals surface area contributed by atoms with Crippen LogP contribution in [0.2, 0.25) is 0 Å². The van der Waals surface area contributed by atoms with Gasteiger partial charge in [0.25, 0.3) is 10.2 Å². The number of hydrogen-bond acceptors (Lipinski definition) is 3. The maximum atomic E-state index is 12.3. The Bertz CT molecular complexity index is 410. The molecule has 0 aromatic carbocycles. The van der Waals surface area contributed by atoms with Gasteiger partial charge in [0.15, 0.2) is 0 Å². The summed E-state index contributed by atoms with van der Waals surface area (Å²) in [7, 11) is -3.73. The predicted molar refractivity (Wildman–Crippen MR) is 73.0 cm³/mol. The van der Waals surface area contributed by atoms with Gasteiger partial charge in [0.05, 0.1) is 0 Å². The van der Waals surface area contributed by atoms with Gasteiger partial charge in [0.2, 0.25) is 0 Å². The molecule has 1 fully saturated rings. The molecule has 0 aromatic rings. The summed E-state index contributed by atoms with van der Waals surface area (Å²) < 4.78 is 28.3. The Morgan fingerprint density at radius 3 is 2.58 bits per heavy atom. The lowest BCUT2D eigenvalue weighted by atomic mass is 10.0. The molecule has 3 atom stereocenters. The van der Waals surface area contributed by atoms with E-state index in [-0.39, 0.29) is 12.0 Å². The van der Waals surface area contributed by atoms with Crippen molar-refractivity contribution in [1.29, 1.82) is 0 Å². The predicted octanol–water partition coefficient (Wildman–Crippen LogP) is 1.19. The second-order valence-corrected chi connectivity index (χ2v) is 6.93. The maximum Gasteiger partial charge on any atom is 0.322 e. The highest BCUT2D eigenvalue weighted by atomic mass is 32.2. The number of hydrogen-bond donors (Lipinski definition) is 2. The molecule has 0 bridgehead atoms. The zero-order valence-electron chi connectivity index (χ0n) is 11.8. The topological polar surface area (TPSA) is 86.7 Å². The van der Waals surface area contributed by atoms with E-state index in [0.717, 1.165) is 19.3 Å². The van der Waals surface area contributed by atoms with Crippen molar-refractivity contribution in [3.63, 3.8) is 0 Å². The molecule has 1 rings (SSSR count). The van der Waals surface area contributed by atoms with Crippen molar-refractivity contribution in [2.45, 2.75) is 58.5 Å². The summed E-state index contributed by atoms with van der Waals surface area (Å²) in [6.07, 6.45) is 3.27. The molecule has 0 amide bonds. The van der Waals surface area contributed by atoms with E-state index in [1.165, 1.54) is 4.31 Å². The molecule has 19 heavy (non-hydrogen) atoms. The minimum Gasteiger partial charge on any atom is -0.480 e. The fraction of sp³-hybridized carbons (Fsp3) is 0.917. The molecular weight excluding hydrogens is 268 g/mol. The Kier molecular flexibility index (Phi) is 5.76. The third-order valence-corrected chi connectivity index (χ3v) is 5.52. The Hall–Kier alpha value is -0.660.